The van der Waals surface area contributed by atoms with Gasteiger partial charge in [0.25, 0.3) is 5.79 Å². The molecule has 62 heavy (non-hydrogen) atoms. The van der Waals surface area contributed by atoms with Crippen molar-refractivity contribution in [2.45, 2.75) is 150 Å². The lowest BCUT2D eigenvalue weighted by Crippen LogP contribution is -2.37. The van der Waals surface area contributed by atoms with E-state index in [4.69, 9.17) is 32.5 Å². The molecule has 3 aromatic rings. The predicted octanol–water partition coefficient (Wildman–Crippen LogP) is 7.98. The number of aryl methyl sites for hydroxylation is 1. The molecule has 2 aromatic heterocycles. The number of carbonyl (C=O) groups excluding carboxylic acids is 6. The molecule has 0 amide bonds. The SMILES string of the molecule is CC(=O)OC(C)(C)OC(=O)C(C)(C)C.CC(=O)OC(C)OC(=O)C(C)(C)C.CC(C)(C)C(=O)OCc1oc(=O)oc1-c1ccccc1.Cc1oc(=O)oc1COC(=O)C(C)(C)C. The van der Waals surface area contributed by atoms with E-state index in [0.29, 0.717) is 11.3 Å². The molecular weight excluding hydrogens is 816 g/mol. The van der Waals surface area contributed by atoms with Gasteiger partial charge in [0, 0.05) is 40.2 Å². The Morgan fingerprint density at radius 1 is 0.532 bits per heavy atom. The maximum absolute atomic E-state index is 11.7. The highest BCUT2D eigenvalue weighted by molar-refractivity contribution is 5.77. The molecule has 0 N–H and O–H groups in total. The minimum absolute atomic E-state index is 0.0757. The van der Waals surface area contributed by atoms with Crippen LogP contribution in [0, 0.1) is 28.6 Å². The molecule has 0 aliphatic carbocycles. The minimum Gasteiger partial charge on any atom is -0.457 e. The molecule has 0 aliphatic rings. The molecule has 0 saturated heterocycles. The van der Waals surface area contributed by atoms with E-state index in [1.54, 1.807) is 102 Å². The highest BCUT2D eigenvalue weighted by Crippen LogP contribution is 2.25. The first-order valence-corrected chi connectivity index (χ1v) is 19.4. The van der Waals surface area contributed by atoms with Gasteiger partial charge in [-0.3, -0.25) is 28.8 Å². The van der Waals surface area contributed by atoms with Gasteiger partial charge in [0.1, 0.15) is 0 Å². The van der Waals surface area contributed by atoms with Crippen molar-refractivity contribution in [1.82, 2.24) is 0 Å². The van der Waals surface area contributed by atoms with E-state index < -0.39 is 63.3 Å². The fourth-order valence-corrected chi connectivity index (χ4v) is 3.74. The van der Waals surface area contributed by atoms with Gasteiger partial charge >= 0.3 is 47.5 Å². The number of hydrogen-bond acceptors (Lipinski definition) is 18. The first-order valence-electron chi connectivity index (χ1n) is 19.4. The Bertz CT molecular complexity index is 2050. The molecule has 0 saturated carbocycles. The monoisotopic (exact) mass is 880 g/mol. The number of esters is 6. The van der Waals surface area contributed by atoms with Crippen molar-refractivity contribution in [3.63, 3.8) is 0 Å². The Kier molecular flexibility index (Phi) is 21.1. The van der Waals surface area contributed by atoms with E-state index in [1.807, 2.05) is 18.2 Å². The average molecular weight is 881 g/mol. The van der Waals surface area contributed by atoms with Crippen LogP contribution < -0.4 is 11.6 Å². The Labute approximate surface area is 361 Å². The first-order chi connectivity index (χ1) is 28.0. The summed E-state index contributed by atoms with van der Waals surface area (Å²) in [6, 6.07) is 9.04. The van der Waals surface area contributed by atoms with Gasteiger partial charge in [0.15, 0.2) is 36.3 Å². The van der Waals surface area contributed by atoms with Crippen molar-refractivity contribution in [2.75, 3.05) is 0 Å². The molecule has 0 bridgehead atoms. The highest BCUT2D eigenvalue weighted by Gasteiger charge is 2.32. The number of carbonyl (C=O) groups is 6. The van der Waals surface area contributed by atoms with E-state index in [1.165, 1.54) is 34.6 Å². The molecule has 0 fully saturated rings. The third kappa shape index (κ3) is 22.6. The first kappa shape index (κ1) is 56.1. The van der Waals surface area contributed by atoms with Crippen LogP contribution in [-0.2, 0) is 70.4 Å². The molecule has 18 heteroatoms. The summed E-state index contributed by atoms with van der Waals surface area (Å²) in [4.78, 5) is 88.9. The van der Waals surface area contributed by atoms with Crippen LogP contribution in [0.1, 0.15) is 135 Å². The lowest BCUT2D eigenvalue weighted by atomic mass is 9.97. The highest BCUT2D eigenvalue weighted by atomic mass is 16.7. The summed E-state index contributed by atoms with van der Waals surface area (Å²) in [5, 5.41) is 0. The zero-order valence-corrected chi connectivity index (χ0v) is 39.2. The largest absolute Gasteiger partial charge is 0.519 e. The summed E-state index contributed by atoms with van der Waals surface area (Å²) in [5.74, 6) is -4.17. The molecule has 1 aromatic carbocycles. The van der Waals surface area contributed by atoms with Crippen molar-refractivity contribution >= 4 is 35.8 Å². The van der Waals surface area contributed by atoms with Crippen LogP contribution in [0.5, 0.6) is 0 Å². The van der Waals surface area contributed by atoms with Crippen molar-refractivity contribution < 1.29 is 74.9 Å². The maximum Gasteiger partial charge on any atom is 0.519 e. The lowest BCUT2D eigenvalue weighted by Gasteiger charge is -2.28. The summed E-state index contributed by atoms with van der Waals surface area (Å²) >= 11 is 0. The van der Waals surface area contributed by atoms with Gasteiger partial charge < -0.3 is 46.1 Å². The van der Waals surface area contributed by atoms with Crippen LogP contribution in [0.4, 0.5) is 0 Å². The summed E-state index contributed by atoms with van der Waals surface area (Å²) in [7, 11) is 0. The Balaban J connectivity index is 0.000000814. The summed E-state index contributed by atoms with van der Waals surface area (Å²) < 4.78 is 48.7. The normalized spacial score (nSPS) is 12.0. The molecule has 0 spiro atoms. The summed E-state index contributed by atoms with van der Waals surface area (Å²) in [5.41, 5.74) is -1.67. The van der Waals surface area contributed by atoms with E-state index in [0.717, 1.165) is 0 Å². The van der Waals surface area contributed by atoms with Gasteiger partial charge in [-0.2, -0.15) is 0 Å². The fraction of sp³-hybridized carbons (Fsp3) is 0.591. The van der Waals surface area contributed by atoms with E-state index >= 15 is 0 Å². The molecular formula is C44H64O18. The molecule has 18 nitrogen and oxygen atoms in total. The third-order valence-corrected chi connectivity index (χ3v) is 6.97. The van der Waals surface area contributed by atoms with E-state index in [2.05, 4.69) is 13.6 Å². The topological polar surface area (TPSA) is 244 Å². The van der Waals surface area contributed by atoms with Crippen molar-refractivity contribution in [3.05, 3.63) is 68.8 Å². The Hall–Kier alpha value is -5.94. The number of hydrogen-bond donors (Lipinski definition) is 0. The maximum atomic E-state index is 11.7. The quantitative estimate of drug-likeness (QED) is 0.112. The summed E-state index contributed by atoms with van der Waals surface area (Å²) in [6.07, 6.45) is -0.816. The summed E-state index contributed by atoms with van der Waals surface area (Å²) in [6.45, 7) is 29.3. The van der Waals surface area contributed by atoms with Gasteiger partial charge in [0.2, 0.25) is 6.29 Å². The zero-order chi connectivity index (χ0) is 48.6. The van der Waals surface area contributed by atoms with Crippen LogP contribution in [0.25, 0.3) is 11.3 Å². The van der Waals surface area contributed by atoms with Gasteiger partial charge in [-0.25, -0.2) is 9.59 Å². The molecule has 2 heterocycles. The Morgan fingerprint density at radius 2 is 0.952 bits per heavy atom. The van der Waals surface area contributed by atoms with E-state index in [-0.39, 0.29) is 48.4 Å². The molecule has 3 rings (SSSR count). The average Bonchev–Trinajstić information content (AvgIpc) is 3.63. The fourth-order valence-electron chi connectivity index (χ4n) is 3.74. The zero-order valence-electron chi connectivity index (χ0n) is 39.2. The van der Waals surface area contributed by atoms with Crippen molar-refractivity contribution in [1.29, 1.82) is 0 Å². The van der Waals surface area contributed by atoms with E-state index in [9.17, 15) is 38.4 Å². The second-order valence-corrected chi connectivity index (χ2v) is 18.1. The van der Waals surface area contributed by atoms with Gasteiger partial charge in [-0.1, -0.05) is 30.3 Å². The number of benzene rings is 1. The molecule has 348 valence electrons. The van der Waals surface area contributed by atoms with Gasteiger partial charge in [0.05, 0.1) is 21.7 Å². The molecule has 0 radical (unpaired) electrons. The lowest BCUT2D eigenvalue weighted by molar-refractivity contribution is -0.220. The smallest absolute Gasteiger partial charge is 0.457 e. The second kappa shape index (κ2) is 23.3. The second-order valence-electron chi connectivity index (χ2n) is 18.1. The van der Waals surface area contributed by atoms with Crippen LogP contribution in [-0.4, -0.2) is 47.9 Å². The van der Waals surface area contributed by atoms with Gasteiger partial charge in [-0.05, 0) is 90.0 Å². The van der Waals surface area contributed by atoms with Crippen LogP contribution in [0.3, 0.4) is 0 Å². The standard InChI is InChI=1S/C15H16O5.C10H14O5.C10H18O4.C9H16O4/c1-15(2,3)13(16)18-9-11-12(20-14(17)19-11)10-7-5-4-6-8-10;1-6-7(15-9(12)14-6)5-13-8(11)10(2,3)4;1-7(11)13-10(5,6)14-8(12)9(2,3)4;1-6(10)12-7(2)13-8(11)9(3,4)5/h4-8H,9H2,1-3H3;5H2,1-4H3;1-6H3;7H,1-5H3. The number of ether oxygens (including phenoxy) is 6. The van der Waals surface area contributed by atoms with Gasteiger partial charge in [-0.15, -0.1) is 0 Å². The molecule has 0 aliphatic heterocycles. The minimum atomic E-state index is -1.20. The van der Waals surface area contributed by atoms with Crippen molar-refractivity contribution in [3.8, 4) is 11.3 Å². The van der Waals surface area contributed by atoms with Crippen LogP contribution in [0.2, 0.25) is 0 Å². The predicted molar refractivity (Wildman–Crippen MR) is 221 cm³/mol. The Morgan fingerprint density at radius 3 is 1.34 bits per heavy atom. The molecule has 1 atom stereocenters. The molecule has 1 unspecified atom stereocenters. The third-order valence-electron chi connectivity index (χ3n) is 6.97. The van der Waals surface area contributed by atoms with Crippen LogP contribution >= 0.6 is 0 Å². The number of rotatable bonds is 9. The van der Waals surface area contributed by atoms with Crippen molar-refractivity contribution in [2.24, 2.45) is 21.7 Å². The van der Waals surface area contributed by atoms with Crippen LogP contribution in [0.15, 0.2) is 57.6 Å².